The maximum Gasteiger partial charge on any atom is 0.253 e. The maximum atomic E-state index is 13.0. The van der Waals surface area contributed by atoms with Crippen LogP contribution in [0, 0.1) is 18.3 Å². The van der Waals surface area contributed by atoms with Gasteiger partial charge in [0.05, 0.1) is 12.8 Å². The van der Waals surface area contributed by atoms with Crippen LogP contribution in [0.1, 0.15) is 41.0 Å². The molecular formula is C24H26N4O4. The Morgan fingerprint density at radius 3 is 2.53 bits per heavy atom. The van der Waals surface area contributed by atoms with Gasteiger partial charge >= 0.3 is 0 Å². The van der Waals surface area contributed by atoms with Gasteiger partial charge in [-0.15, -0.1) is 0 Å². The minimum atomic E-state index is 0.0255. The summed E-state index contributed by atoms with van der Waals surface area (Å²) in [7, 11) is 1.80. The highest BCUT2D eigenvalue weighted by Crippen LogP contribution is 2.60. The number of likely N-dealkylation sites (tertiary alicyclic amines) is 1. The van der Waals surface area contributed by atoms with E-state index in [1.54, 1.807) is 18.2 Å². The van der Waals surface area contributed by atoms with E-state index in [-0.39, 0.29) is 23.1 Å². The second-order valence-corrected chi connectivity index (χ2v) is 8.96. The average Bonchev–Trinajstić information content (AvgIpc) is 3.14. The minimum Gasteiger partial charge on any atom is -0.464 e. The van der Waals surface area contributed by atoms with Crippen LogP contribution in [0.15, 0.2) is 51.7 Å². The van der Waals surface area contributed by atoms with Crippen molar-refractivity contribution in [3.63, 3.8) is 0 Å². The normalized spacial score (nSPS) is 19.2. The van der Waals surface area contributed by atoms with Crippen LogP contribution in [0.25, 0.3) is 11.3 Å². The van der Waals surface area contributed by atoms with Crippen LogP contribution in [-0.4, -0.2) is 52.1 Å². The summed E-state index contributed by atoms with van der Waals surface area (Å²) in [4.78, 5) is 29.5. The largest absolute Gasteiger partial charge is 0.464 e. The van der Waals surface area contributed by atoms with Gasteiger partial charge in [0.15, 0.2) is 0 Å². The fourth-order valence-electron chi connectivity index (χ4n) is 4.77. The zero-order chi connectivity index (χ0) is 22.3. The van der Waals surface area contributed by atoms with Gasteiger partial charge in [-0.2, -0.15) is 0 Å². The quantitative estimate of drug-likeness (QED) is 0.610. The smallest absolute Gasteiger partial charge is 0.253 e. The third-order valence-corrected chi connectivity index (χ3v) is 6.98. The number of carbonyl (C=O) groups excluding carboxylic acids is 2. The molecule has 0 N–H and O–H groups in total. The first-order valence-electron chi connectivity index (χ1n) is 10.9. The van der Waals surface area contributed by atoms with Crippen molar-refractivity contribution in [3.05, 3.63) is 59.6 Å². The summed E-state index contributed by atoms with van der Waals surface area (Å²) in [5.74, 6) is 0.993. The number of carbonyl (C=O) groups is 2. The van der Waals surface area contributed by atoms with Crippen LogP contribution < -0.4 is 0 Å². The van der Waals surface area contributed by atoms with Crippen LogP contribution in [0.5, 0.6) is 0 Å². The molecule has 1 saturated carbocycles. The minimum absolute atomic E-state index is 0.0255. The van der Waals surface area contributed by atoms with E-state index in [0.29, 0.717) is 36.6 Å². The maximum absolute atomic E-state index is 13.0. The van der Waals surface area contributed by atoms with Gasteiger partial charge in [-0.05, 0) is 55.9 Å². The SMILES string of the molecule is Cc1nonc1CN(C)C(=O)C1CC12CCN(C(=O)c1ccc(-c3ccco3)cc1)CC2. The summed E-state index contributed by atoms with van der Waals surface area (Å²) < 4.78 is 10.1. The third-order valence-electron chi connectivity index (χ3n) is 6.98. The summed E-state index contributed by atoms with van der Waals surface area (Å²) in [6, 6.07) is 11.3. The summed E-state index contributed by atoms with van der Waals surface area (Å²) in [6.45, 7) is 3.58. The van der Waals surface area contributed by atoms with Crippen molar-refractivity contribution in [2.75, 3.05) is 20.1 Å². The van der Waals surface area contributed by atoms with E-state index >= 15 is 0 Å². The van der Waals surface area contributed by atoms with Gasteiger partial charge < -0.3 is 14.2 Å². The Kier molecular flexibility index (Phi) is 5.07. The highest BCUT2D eigenvalue weighted by molar-refractivity contribution is 5.94. The van der Waals surface area contributed by atoms with Gasteiger partial charge in [-0.1, -0.05) is 22.4 Å². The Morgan fingerprint density at radius 2 is 1.91 bits per heavy atom. The van der Waals surface area contributed by atoms with Crippen molar-refractivity contribution in [3.8, 4) is 11.3 Å². The molecule has 8 heteroatoms. The molecule has 2 aliphatic rings. The number of hydrogen-bond acceptors (Lipinski definition) is 6. The van der Waals surface area contributed by atoms with Crippen molar-refractivity contribution in [1.82, 2.24) is 20.1 Å². The Morgan fingerprint density at radius 1 is 1.16 bits per heavy atom. The Labute approximate surface area is 186 Å². The molecule has 2 aromatic heterocycles. The van der Waals surface area contributed by atoms with E-state index in [1.165, 1.54) is 0 Å². The fraction of sp³-hybridized carbons (Fsp3) is 0.417. The van der Waals surface area contributed by atoms with Crippen LogP contribution in [0.4, 0.5) is 0 Å². The van der Waals surface area contributed by atoms with Gasteiger partial charge in [0.2, 0.25) is 5.91 Å². The topological polar surface area (TPSA) is 92.7 Å². The molecule has 1 spiro atoms. The lowest BCUT2D eigenvalue weighted by Crippen LogP contribution is -2.40. The van der Waals surface area contributed by atoms with E-state index in [9.17, 15) is 9.59 Å². The molecule has 2 fully saturated rings. The van der Waals surface area contributed by atoms with E-state index in [4.69, 9.17) is 9.05 Å². The van der Waals surface area contributed by atoms with Crippen molar-refractivity contribution in [1.29, 1.82) is 0 Å². The van der Waals surface area contributed by atoms with Crippen molar-refractivity contribution < 1.29 is 18.6 Å². The predicted octanol–water partition coefficient (Wildman–Crippen LogP) is 3.54. The lowest BCUT2D eigenvalue weighted by molar-refractivity contribution is -0.133. The number of hydrogen-bond donors (Lipinski definition) is 0. The number of piperidine rings is 1. The highest BCUT2D eigenvalue weighted by atomic mass is 16.6. The molecule has 166 valence electrons. The summed E-state index contributed by atoms with van der Waals surface area (Å²) in [5, 5.41) is 7.64. The molecule has 3 heterocycles. The molecule has 0 bridgehead atoms. The first-order valence-corrected chi connectivity index (χ1v) is 10.9. The van der Waals surface area contributed by atoms with Crippen molar-refractivity contribution >= 4 is 11.8 Å². The van der Waals surface area contributed by atoms with E-state index in [0.717, 1.165) is 30.6 Å². The van der Waals surface area contributed by atoms with Gasteiger partial charge in [0, 0.05) is 37.2 Å². The number of rotatable bonds is 5. The fourth-order valence-corrected chi connectivity index (χ4v) is 4.77. The molecule has 1 atom stereocenters. The van der Waals surface area contributed by atoms with E-state index < -0.39 is 0 Å². The molecule has 1 aliphatic heterocycles. The lowest BCUT2D eigenvalue weighted by atomic mass is 9.90. The Bertz CT molecular complexity index is 1110. The number of aromatic nitrogens is 2. The zero-order valence-electron chi connectivity index (χ0n) is 18.3. The standard InChI is InChI=1S/C24H26N4O4/c1-16-20(26-32-25-16)15-27(2)23(30)19-14-24(19)9-11-28(12-10-24)22(29)18-7-5-17(6-8-18)21-4-3-13-31-21/h3-8,13,19H,9-12,14-15H2,1-2H3. The molecular weight excluding hydrogens is 408 g/mol. The summed E-state index contributed by atoms with van der Waals surface area (Å²) >= 11 is 0. The second kappa shape index (κ2) is 7.93. The molecule has 1 saturated heterocycles. The molecule has 2 amide bonds. The molecule has 32 heavy (non-hydrogen) atoms. The Hall–Kier alpha value is -3.42. The van der Waals surface area contributed by atoms with Gasteiger partial charge in [0.25, 0.3) is 5.91 Å². The second-order valence-electron chi connectivity index (χ2n) is 8.96. The van der Waals surface area contributed by atoms with Crippen LogP contribution >= 0.6 is 0 Å². The van der Waals surface area contributed by atoms with E-state index in [2.05, 4.69) is 10.3 Å². The zero-order valence-corrected chi connectivity index (χ0v) is 18.3. The summed E-state index contributed by atoms with van der Waals surface area (Å²) in [5.41, 5.74) is 3.05. The highest BCUT2D eigenvalue weighted by Gasteiger charge is 2.59. The monoisotopic (exact) mass is 434 g/mol. The molecule has 1 aromatic carbocycles. The molecule has 8 nitrogen and oxygen atoms in total. The number of aryl methyl sites for hydroxylation is 1. The van der Waals surface area contributed by atoms with Crippen LogP contribution in [0.2, 0.25) is 0 Å². The van der Waals surface area contributed by atoms with E-state index in [1.807, 2.05) is 48.2 Å². The first kappa shape index (κ1) is 20.5. The number of nitrogens with zero attached hydrogens (tertiary/aromatic N) is 4. The summed E-state index contributed by atoms with van der Waals surface area (Å²) in [6.07, 6.45) is 4.25. The Balaban J connectivity index is 1.16. The third kappa shape index (κ3) is 3.70. The molecule has 1 aliphatic carbocycles. The molecule has 1 unspecified atom stereocenters. The molecule has 3 aromatic rings. The first-order chi connectivity index (χ1) is 15.5. The number of benzene rings is 1. The number of amides is 2. The lowest BCUT2D eigenvalue weighted by Gasteiger charge is -2.33. The number of furan rings is 1. The van der Waals surface area contributed by atoms with Gasteiger partial charge in [-0.3, -0.25) is 9.59 Å². The molecule has 5 rings (SSSR count). The van der Waals surface area contributed by atoms with Crippen molar-refractivity contribution in [2.45, 2.75) is 32.7 Å². The average molecular weight is 434 g/mol. The van der Waals surface area contributed by atoms with Gasteiger partial charge in [0.1, 0.15) is 17.1 Å². The van der Waals surface area contributed by atoms with Crippen molar-refractivity contribution in [2.24, 2.45) is 11.3 Å². The van der Waals surface area contributed by atoms with Crippen LogP contribution in [0.3, 0.4) is 0 Å². The predicted molar refractivity (Wildman–Crippen MR) is 115 cm³/mol. The van der Waals surface area contributed by atoms with Gasteiger partial charge in [-0.25, -0.2) is 4.63 Å². The van der Waals surface area contributed by atoms with Crippen LogP contribution in [-0.2, 0) is 11.3 Å². The molecule has 0 radical (unpaired) electrons.